The number of thiophene rings is 1. The lowest BCUT2D eigenvalue weighted by Gasteiger charge is -1.94. The zero-order chi connectivity index (χ0) is 7.61. The first kappa shape index (κ1) is 7.60. The Morgan fingerprint density at radius 2 is 2.40 bits per heavy atom. The molecule has 0 spiro atoms. The molecule has 6 heteroatoms. The maximum Gasteiger partial charge on any atom is 0.380 e. The van der Waals surface area contributed by atoms with Crippen molar-refractivity contribution in [3.63, 3.8) is 0 Å². The van der Waals surface area contributed by atoms with Crippen LogP contribution in [-0.4, -0.2) is 4.89 Å². The van der Waals surface area contributed by atoms with E-state index < -0.39 is 7.52 Å². The highest BCUT2D eigenvalue weighted by molar-refractivity contribution is 7.65. The molecule has 0 aliphatic heterocycles. The van der Waals surface area contributed by atoms with Gasteiger partial charge in [0.05, 0.1) is 5.30 Å². The van der Waals surface area contributed by atoms with Crippen molar-refractivity contribution in [1.29, 1.82) is 0 Å². The molecule has 0 aliphatic carbocycles. The molecular weight excluding hydrogens is 173 g/mol. The smallest absolute Gasteiger partial charge is 0.323 e. The molecule has 0 fully saturated rings. The van der Waals surface area contributed by atoms with Crippen molar-refractivity contribution in [2.24, 2.45) is 4.95 Å². The van der Waals surface area contributed by atoms with E-state index in [1.165, 1.54) is 22.8 Å². The summed E-state index contributed by atoms with van der Waals surface area (Å²) in [5.41, 5.74) is 0. The van der Waals surface area contributed by atoms with E-state index in [0.29, 0.717) is 0 Å². The summed E-state index contributed by atoms with van der Waals surface area (Å²) in [6.45, 7) is 0. The van der Waals surface area contributed by atoms with Gasteiger partial charge < -0.3 is 4.89 Å². The summed E-state index contributed by atoms with van der Waals surface area (Å²) < 4.78 is 10.7. The van der Waals surface area contributed by atoms with Crippen molar-refractivity contribution in [3.8, 4) is 0 Å². The monoisotopic (exact) mass is 177 g/mol. The molecule has 1 aromatic heterocycles. The third-order valence-electron chi connectivity index (χ3n) is 0.953. The summed E-state index contributed by atoms with van der Waals surface area (Å²) in [6.07, 6.45) is 0. The van der Waals surface area contributed by atoms with Gasteiger partial charge in [0.15, 0.2) is 0 Å². The van der Waals surface area contributed by atoms with Crippen molar-refractivity contribution in [2.45, 2.75) is 0 Å². The van der Waals surface area contributed by atoms with Crippen molar-refractivity contribution in [2.75, 3.05) is 0 Å². The van der Waals surface area contributed by atoms with Crippen LogP contribution in [0.25, 0.3) is 0 Å². The normalized spacial score (nSPS) is 16.1. The summed E-state index contributed by atoms with van der Waals surface area (Å²) in [5.74, 6) is 0. The first-order valence-electron chi connectivity index (χ1n) is 2.37. The molecule has 0 aromatic carbocycles. The fourth-order valence-electron chi connectivity index (χ4n) is 0.470. The van der Waals surface area contributed by atoms with Crippen LogP contribution in [0, 0.1) is 4.91 Å². The molecule has 1 atom stereocenters. The van der Waals surface area contributed by atoms with Crippen LogP contribution < -0.4 is 5.30 Å². The Morgan fingerprint density at radius 1 is 1.70 bits per heavy atom. The molecule has 0 bridgehead atoms. The van der Waals surface area contributed by atoms with Gasteiger partial charge in [-0.05, 0) is 11.4 Å². The van der Waals surface area contributed by atoms with Gasteiger partial charge >= 0.3 is 7.52 Å². The molecule has 1 unspecified atom stereocenters. The lowest BCUT2D eigenvalue weighted by atomic mass is 10.7. The van der Waals surface area contributed by atoms with Crippen LogP contribution in [0.4, 0.5) is 0 Å². The Balaban J connectivity index is 3.08. The highest BCUT2D eigenvalue weighted by Gasteiger charge is 2.21. The maximum absolute atomic E-state index is 10.7. The topological polar surface area (TPSA) is 66.7 Å². The van der Waals surface area contributed by atoms with E-state index in [1.54, 1.807) is 5.38 Å². The molecular formula is C4H4NO3PS. The molecule has 10 heavy (non-hydrogen) atoms. The fraction of sp³-hybridized carbons (Fsp3) is 0. The van der Waals surface area contributed by atoms with E-state index in [1.807, 2.05) is 0 Å². The van der Waals surface area contributed by atoms with Crippen LogP contribution >= 0.6 is 18.9 Å². The summed E-state index contributed by atoms with van der Waals surface area (Å²) >= 11 is 1.25. The van der Waals surface area contributed by atoms with Crippen LogP contribution in [0.1, 0.15) is 0 Å². The predicted octanol–water partition coefficient (Wildman–Crippen LogP) is 1.33. The molecule has 0 amide bonds. The van der Waals surface area contributed by atoms with Crippen LogP contribution in [0.15, 0.2) is 21.8 Å². The first-order chi connectivity index (χ1) is 4.67. The van der Waals surface area contributed by atoms with Crippen molar-refractivity contribution in [3.05, 3.63) is 21.7 Å². The average Bonchev–Trinajstić information content (AvgIpc) is 2.38. The zero-order valence-corrected chi connectivity index (χ0v) is 6.51. The Morgan fingerprint density at radius 3 is 2.80 bits per heavy atom. The predicted molar refractivity (Wildman–Crippen MR) is 39.6 cm³/mol. The largest absolute Gasteiger partial charge is 0.380 e. The van der Waals surface area contributed by atoms with Gasteiger partial charge in [-0.2, -0.15) is 11.3 Å². The summed E-state index contributed by atoms with van der Waals surface area (Å²) in [5, 5.41) is 3.15. The Kier molecular flexibility index (Phi) is 1.99. The minimum absolute atomic E-state index is 0.104. The van der Waals surface area contributed by atoms with E-state index >= 15 is 0 Å². The number of hydrogen-bond donors (Lipinski definition) is 1. The highest BCUT2D eigenvalue weighted by Crippen LogP contribution is 2.40. The van der Waals surface area contributed by atoms with E-state index in [-0.39, 0.29) is 5.30 Å². The summed E-state index contributed by atoms with van der Waals surface area (Å²) in [4.78, 5) is 20.7. The molecule has 54 valence electrons. The summed E-state index contributed by atoms with van der Waals surface area (Å²) in [7, 11) is -3.90. The van der Waals surface area contributed by atoms with Gasteiger partial charge in [0.25, 0.3) is 0 Å². The van der Waals surface area contributed by atoms with E-state index in [2.05, 4.69) is 4.95 Å². The summed E-state index contributed by atoms with van der Waals surface area (Å²) in [6, 6.07) is 1.41. The van der Waals surface area contributed by atoms with E-state index in [9.17, 15) is 9.47 Å². The Labute approximate surface area is 61.0 Å². The van der Waals surface area contributed by atoms with Gasteiger partial charge in [0.2, 0.25) is 0 Å². The van der Waals surface area contributed by atoms with E-state index in [0.717, 1.165) is 0 Å². The van der Waals surface area contributed by atoms with Crippen molar-refractivity contribution in [1.82, 2.24) is 0 Å². The Bertz CT molecular complexity index is 270. The quantitative estimate of drug-likeness (QED) is 0.547. The molecule has 4 nitrogen and oxygen atoms in total. The van der Waals surface area contributed by atoms with Gasteiger partial charge in [-0.15, -0.1) is 4.91 Å². The van der Waals surface area contributed by atoms with Gasteiger partial charge in [0.1, 0.15) is 0 Å². The third-order valence-corrected chi connectivity index (χ3v) is 2.98. The minimum atomic E-state index is -3.90. The maximum atomic E-state index is 10.7. The number of nitroso groups, excluding NO2 is 1. The lowest BCUT2D eigenvalue weighted by molar-refractivity contribution is 0.491. The van der Waals surface area contributed by atoms with Gasteiger partial charge in [-0.1, -0.05) is 0 Å². The standard InChI is InChI=1S/C4H4NO3PS/c6-5-9(7,8)4-1-2-10-3-4/h1-3H,(H,7,8). The SMILES string of the molecule is O=NP(=O)(O)c1ccsc1. The van der Waals surface area contributed by atoms with Gasteiger partial charge in [0, 0.05) is 10.3 Å². The van der Waals surface area contributed by atoms with Crippen LogP contribution in [-0.2, 0) is 4.57 Å². The van der Waals surface area contributed by atoms with Crippen LogP contribution in [0.3, 0.4) is 0 Å². The molecule has 0 radical (unpaired) electrons. The lowest BCUT2D eigenvalue weighted by Crippen LogP contribution is -1.95. The van der Waals surface area contributed by atoms with Gasteiger partial charge in [-0.25, -0.2) is 0 Å². The molecule has 1 rings (SSSR count). The average molecular weight is 177 g/mol. The minimum Gasteiger partial charge on any atom is -0.323 e. The molecule has 0 saturated carbocycles. The molecule has 1 N–H and O–H groups in total. The number of hydrogen-bond acceptors (Lipinski definition) is 3. The Hall–Kier alpha value is -0.510. The third kappa shape index (κ3) is 1.31. The number of rotatable bonds is 2. The van der Waals surface area contributed by atoms with Crippen LogP contribution in [0.5, 0.6) is 0 Å². The second kappa shape index (κ2) is 2.62. The van der Waals surface area contributed by atoms with Crippen molar-refractivity contribution >= 4 is 24.2 Å². The highest BCUT2D eigenvalue weighted by atomic mass is 32.1. The molecule has 0 aliphatic rings. The van der Waals surface area contributed by atoms with Gasteiger partial charge in [-0.3, -0.25) is 4.57 Å². The number of nitrogens with zero attached hydrogens (tertiary/aromatic N) is 1. The second-order valence-corrected chi connectivity index (χ2v) is 4.16. The van der Waals surface area contributed by atoms with Crippen molar-refractivity contribution < 1.29 is 9.46 Å². The first-order valence-corrected chi connectivity index (χ1v) is 4.93. The zero-order valence-electron chi connectivity index (χ0n) is 4.80. The second-order valence-electron chi connectivity index (χ2n) is 1.61. The molecule has 1 aromatic rings. The molecule has 1 heterocycles. The molecule has 0 saturated heterocycles. The van der Waals surface area contributed by atoms with Crippen LogP contribution in [0.2, 0.25) is 0 Å². The van der Waals surface area contributed by atoms with E-state index in [4.69, 9.17) is 4.89 Å². The fourth-order valence-corrected chi connectivity index (χ4v) is 2.19.